The van der Waals surface area contributed by atoms with Crippen molar-refractivity contribution in [1.29, 1.82) is 0 Å². The first-order valence-corrected chi connectivity index (χ1v) is 7.35. The van der Waals surface area contributed by atoms with Crippen molar-refractivity contribution in [2.24, 2.45) is 5.92 Å². The van der Waals surface area contributed by atoms with Crippen molar-refractivity contribution in [3.05, 3.63) is 12.7 Å². The molecule has 1 aliphatic rings. The largest absolute Gasteiger partial charge is 0.445 e. The lowest BCUT2D eigenvalue weighted by Crippen LogP contribution is -2.45. The van der Waals surface area contributed by atoms with E-state index in [0.29, 0.717) is 25.4 Å². The van der Waals surface area contributed by atoms with E-state index < -0.39 is 0 Å². The maximum atomic E-state index is 11.9. The molecule has 0 radical (unpaired) electrons. The Kier molecular flexibility index (Phi) is 7.12. The number of likely N-dealkylation sites (tertiary alicyclic amines) is 1. The van der Waals surface area contributed by atoms with E-state index in [1.165, 1.54) is 0 Å². The summed E-state index contributed by atoms with van der Waals surface area (Å²) in [4.78, 5) is 25.4. The Balaban J connectivity index is 2.49. The van der Waals surface area contributed by atoms with Crippen LogP contribution in [0.4, 0.5) is 4.79 Å². The summed E-state index contributed by atoms with van der Waals surface area (Å²) in [6.07, 6.45) is 4.62. The number of amides is 2. The van der Waals surface area contributed by atoms with Gasteiger partial charge in [0.2, 0.25) is 5.91 Å². The summed E-state index contributed by atoms with van der Waals surface area (Å²) in [5.74, 6) is 0.403. The van der Waals surface area contributed by atoms with Gasteiger partial charge in [0.05, 0.1) is 0 Å². The van der Waals surface area contributed by atoms with Crippen molar-refractivity contribution >= 4 is 12.0 Å². The fraction of sp³-hybridized carbons (Fsp3) is 0.733. The maximum Gasteiger partial charge on any atom is 0.410 e. The first-order chi connectivity index (χ1) is 9.52. The van der Waals surface area contributed by atoms with Crippen molar-refractivity contribution < 1.29 is 14.3 Å². The molecule has 0 saturated carbocycles. The van der Waals surface area contributed by atoms with E-state index >= 15 is 0 Å². The molecule has 1 atom stereocenters. The normalized spacial score (nSPS) is 19.4. The second-order valence-electron chi connectivity index (χ2n) is 5.67. The topological polar surface area (TPSA) is 58.6 Å². The molecule has 1 heterocycles. The minimum absolute atomic E-state index is 0.0278. The summed E-state index contributed by atoms with van der Waals surface area (Å²) < 4.78 is 5.06. The molecule has 1 unspecified atom stereocenters. The fourth-order valence-electron chi connectivity index (χ4n) is 2.30. The quantitative estimate of drug-likeness (QED) is 0.787. The summed E-state index contributed by atoms with van der Waals surface area (Å²) in [5.41, 5.74) is 0. The highest BCUT2D eigenvalue weighted by molar-refractivity contribution is 5.76. The summed E-state index contributed by atoms with van der Waals surface area (Å²) in [5, 5.41) is 3.02. The van der Waals surface area contributed by atoms with E-state index in [0.717, 1.165) is 19.3 Å². The molecule has 114 valence electrons. The van der Waals surface area contributed by atoms with Crippen molar-refractivity contribution in [3.63, 3.8) is 0 Å². The lowest BCUT2D eigenvalue weighted by atomic mass is 10.1. The van der Waals surface area contributed by atoms with Gasteiger partial charge in [0.25, 0.3) is 0 Å². The summed E-state index contributed by atoms with van der Waals surface area (Å²) in [6, 6.07) is 0.0278. The molecule has 0 aromatic heterocycles. The third-order valence-corrected chi connectivity index (χ3v) is 3.21. The SMILES string of the molecule is C=CCOC(=O)N1CCCCC(NC(=O)CC(C)C)C1. The van der Waals surface area contributed by atoms with E-state index in [-0.39, 0.29) is 24.6 Å². The predicted molar refractivity (Wildman–Crippen MR) is 78.4 cm³/mol. The van der Waals surface area contributed by atoms with Gasteiger partial charge in [-0.2, -0.15) is 0 Å². The molecule has 5 heteroatoms. The van der Waals surface area contributed by atoms with Gasteiger partial charge in [-0.05, 0) is 25.2 Å². The zero-order valence-corrected chi connectivity index (χ0v) is 12.6. The molecule has 1 aliphatic heterocycles. The van der Waals surface area contributed by atoms with Crippen LogP contribution in [0.25, 0.3) is 0 Å². The van der Waals surface area contributed by atoms with Crippen LogP contribution in [0.3, 0.4) is 0 Å². The standard InChI is InChI=1S/C15H26N2O3/c1-4-9-20-15(19)17-8-6-5-7-13(11-17)16-14(18)10-12(2)3/h4,12-13H,1,5-11H2,2-3H3,(H,16,18). The monoisotopic (exact) mass is 282 g/mol. The lowest BCUT2D eigenvalue weighted by Gasteiger charge is -2.24. The van der Waals surface area contributed by atoms with Crippen LogP contribution in [0.5, 0.6) is 0 Å². The molecule has 1 N–H and O–H groups in total. The smallest absolute Gasteiger partial charge is 0.410 e. The van der Waals surface area contributed by atoms with Crippen LogP contribution in [0.1, 0.15) is 39.5 Å². The number of rotatable bonds is 5. The molecule has 0 aromatic rings. The molecular formula is C15H26N2O3. The maximum absolute atomic E-state index is 11.9. The number of ether oxygens (including phenoxy) is 1. The van der Waals surface area contributed by atoms with Gasteiger partial charge in [-0.3, -0.25) is 4.79 Å². The Morgan fingerprint density at radius 2 is 2.20 bits per heavy atom. The number of carbonyl (C=O) groups is 2. The molecule has 0 bridgehead atoms. The van der Waals surface area contributed by atoms with Crippen LogP contribution < -0.4 is 5.32 Å². The number of hydrogen-bond donors (Lipinski definition) is 1. The minimum atomic E-state index is -0.324. The molecule has 1 rings (SSSR count). The van der Waals surface area contributed by atoms with Gasteiger partial charge in [-0.25, -0.2) is 4.79 Å². The average molecular weight is 282 g/mol. The summed E-state index contributed by atoms with van der Waals surface area (Å²) in [7, 11) is 0. The molecule has 0 aromatic carbocycles. The Bertz CT molecular complexity index is 342. The first kappa shape index (κ1) is 16.5. The second-order valence-corrected chi connectivity index (χ2v) is 5.67. The van der Waals surface area contributed by atoms with Crippen LogP contribution >= 0.6 is 0 Å². The highest BCUT2D eigenvalue weighted by Gasteiger charge is 2.24. The fourth-order valence-corrected chi connectivity index (χ4v) is 2.30. The Morgan fingerprint density at radius 3 is 2.85 bits per heavy atom. The van der Waals surface area contributed by atoms with Crippen LogP contribution in [0.2, 0.25) is 0 Å². The van der Waals surface area contributed by atoms with Crippen LogP contribution in [0, 0.1) is 5.92 Å². The first-order valence-electron chi connectivity index (χ1n) is 7.35. The van der Waals surface area contributed by atoms with Gasteiger partial charge in [0.15, 0.2) is 0 Å². The van der Waals surface area contributed by atoms with E-state index in [2.05, 4.69) is 11.9 Å². The Morgan fingerprint density at radius 1 is 1.45 bits per heavy atom. The molecule has 0 aliphatic carbocycles. The zero-order chi connectivity index (χ0) is 15.0. The number of hydrogen-bond acceptors (Lipinski definition) is 3. The van der Waals surface area contributed by atoms with Crippen LogP contribution in [-0.4, -0.2) is 42.6 Å². The molecule has 2 amide bonds. The van der Waals surface area contributed by atoms with Gasteiger partial charge in [-0.15, -0.1) is 0 Å². The molecular weight excluding hydrogens is 256 g/mol. The number of nitrogens with zero attached hydrogens (tertiary/aromatic N) is 1. The lowest BCUT2D eigenvalue weighted by molar-refractivity contribution is -0.122. The molecule has 20 heavy (non-hydrogen) atoms. The van der Waals surface area contributed by atoms with Crippen molar-refractivity contribution in [2.75, 3.05) is 19.7 Å². The third-order valence-electron chi connectivity index (χ3n) is 3.21. The van der Waals surface area contributed by atoms with E-state index in [1.54, 1.807) is 11.0 Å². The summed E-state index contributed by atoms with van der Waals surface area (Å²) >= 11 is 0. The van der Waals surface area contributed by atoms with Crippen molar-refractivity contribution in [3.8, 4) is 0 Å². The Labute approximate surface area is 121 Å². The average Bonchev–Trinajstić information content (AvgIpc) is 2.60. The van der Waals surface area contributed by atoms with Gasteiger partial charge in [-0.1, -0.05) is 26.5 Å². The van der Waals surface area contributed by atoms with Crippen molar-refractivity contribution in [1.82, 2.24) is 10.2 Å². The third kappa shape index (κ3) is 6.08. The van der Waals surface area contributed by atoms with Gasteiger partial charge in [0.1, 0.15) is 6.61 Å². The predicted octanol–water partition coefficient (Wildman–Crippen LogP) is 2.33. The Hall–Kier alpha value is -1.52. The number of carbonyl (C=O) groups excluding carboxylic acids is 2. The summed E-state index contributed by atoms with van der Waals surface area (Å²) in [6.45, 7) is 9.00. The van der Waals surface area contributed by atoms with E-state index in [4.69, 9.17) is 4.74 Å². The molecule has 1 fully saturated rings. The van der Waals surface area contributed by atoms with Crippen LogP contribution in [-0.2, 0) is 9.53 Å². The van der Waals surface area contributed by atoms with Crippen molar-refractivity contribution in [2.45, 2.75) is 45.6 Å². The van der Waals surface area contributed by atoms with E-state index in [1.807, 2.05) is 13.8 Å². The second kappa shape index (κ2) is 8.61. The van der Waals surface area contributed by atoms with Gasteiger partial charge >= 0.3 is 6.09 Å². The zero-order valence-electron chi connectivity index (χ0n) is 12.6. The molecule has 5 nitrogen and oxygen atoms in total. The highest BCUT2D eigenvalue weighted by atomic mass is 16.6. The molecule has 0 spiro atoms. The number of nitrogens with one attached hydrogen (secondary N) is 1. The van der Waals surface area contributed by atoms with E-state index in [9.17, 15) is 9.59 Å². The van der Waals surface area contributed by atoms with Crippen LogP contribution in [0.15, 0.2) is 12.7 Å². The highest BCUT2D eigenvalue weighted by Crippen LogP contribution is 2.12. The van der Waals surface area contributed by atoms with Gasteiger partial charge in [0, 0.05) is 25.6 Å². The molecule has 1 saturated heterocycles. The minimum Gasteiger partial charge on any atom is -0.445 e. The van der Waals surface area contributed by atoms with Gasteiger partial charge < -0.3 is 15.0 Å².